The van der Waals surface area contributed by atoms with Crippen molar-refractivity contribution in [3.63, 3.8) is 0 Å². The highest BCUT2D eigenvalue weighted by Crippen LogP contribution is 2.11. The van der Waals surface area contributed by atoms with Gasteiger partial charge in [0.05, 0.1) is 6.20 Å². The van der Waals surface area contributed by atoms with Crippen LogP contribution < -0.4 is 10.9 Å². The molecule has 2 rings (SSSR count). The van der Waals surface area contributed by atoms with E-state index in [9.17, 15) is 9.59 Å². The van der Waals surface area contributed by atoms with Gasteiger partial charge >= 0.3 is 0 Å². The summed E-state index contributed by atoms with van der Waals surface area (Å²) in [5.74, 6) is 0.340. The second-order valence-corrected chi connectivity index (χ2v) is 4.69. The van der Waals surface area contributed by atoms with Gasteiger partial charge in [0.15, 0.2) is 0 Å². The first-order chi connectivity index (χ1) is 8.66. The van der Waals surface area contributed by atoms with Crippen molar-refractivity contribution in [2.24, 2.45) is 5.92 Å². The summed E-state index contributed by atoms with van der Waals surface area (Å²) in [5, 5.41) is 3.33. The van der Waals surface area contributed by atoms with E-state index in [0.29, 0.717) is 12.5 Å². The molecule has 1 aliphatic heterocycles. The van der Waals surface area contributed by atoms with Crippen LogP contribution in [0.3, 0.4) is 0 Å². The Balaban J connectivity index is 1.95. The number of aromatic amines is 1. The molecule has 0 bridgehead atoms. The molecule has 1 unspecified atom stereocenters. The number of nitrogens with zero attached hydrogens (tertiary/aromatic N) is 2. The van der Waals surface area contributed by atoms with Crippen molar-refractivity contribution in [1.29, 1.82) is 0 Å². The van der Waals surface area contributed by atoms with Crippen LogP contribution in [0.4, 0.5) is 0 Å². The lowest BCUT2D eigenvalue weighted by Gasteiger charge is -2.27. The third kappa shape index (κ3) is 3.16. The van der Waals surface area contributed by atoms with Gasteiger partial charge in [-0.25, -0.2) is 4.98 Å². The van der Waals surface area contributed by atoms with Crippen LogP contribution in [0, 0.1) is 5.92 Å². The molecule has 1 fully saturated rings. The molecule has 0 saturated carbocycles. The van der Waals surface area contributed by atoms with Crippen molar-refractivity contribution < 1.29 is 4.79 Å². The van der Waals surface area contributed by atoms with E-state index >= 15 is 0 Å². The number of H-pyrrole nitrogens is 1. The minimum Gasteiger partial charge on any atom is -0.340 e. The number of nitrogens with one attached hydrogen (secondary N) is 2. The Morgan fingerprint density at radius 2 is 2.44 bits per heavy atom. The first kappa shape index (κ1) is 12.8. The van der Waals surface area contributed by atoms with Crippen LogP contribution in [-0.2, 0) is 0 Å². The maximum Gasteiger partial charge on any atom is 0.273 e. The van der Waals surface area contributed by atoms with Crippen molar-refractivity contribution in [2.45, 2.75) is 12.8 Å². The average Bonchev–Trinajstić information content (AvgIpc) is 2.40. The minimum absolute atomic E-state index is 0.156. The number of amides is 1. The lowest BCUT2D eigenvalue weighted by Crippen LogP contribution is -2.39. The van der Waals surface area contributed by atoms with Gasteiger partial charge in [0.25, 0.3) is 11.5 Å². The molecule has 2 N–H and O–H groups in total. The molecule has 2 heterocycles. The lowest BCUT2D eigenvalue weighted by molar-refractivity contribution is 0.0758. The van der Waals surface area contributed by atoms with E-state index in [1.165, 1.54) is 6.20 Å². The molecule has 0 aliphatic carbocycles. The fraction of sp³-hybridized carbons (Fsp3) is 0.583. The zero-order chi connectivity index (χ0) is 13.0. The summed E-state index contributed by atoms with van der Waals surface area (Å²) in [6.07, 6.45) is 4.79. The highest BCUT2D eigenvalue weighted by molar-refractivity contribution is 5.91. The van der Waals surface area contributed by atoms with Gasteiger partial charge in [-0.2, -0.15) is 0 Å². The quantitative estimate of drug-likeness (QED) is 0.781. The molecular formula is C12H18N4O2. The van der Waals surface area contributed by atoms with Gasteiger partial charge in [-0.1, -0.05) is 0 Å². The SMILES string of the molecule is CN(CC1CCCNC1)C(=O)c1c[nH]c(=O)cn1. The molecule has 18 heavy (non-hydrogen) atoms. The van der Waals surface area contributed by atoms with Gasteiger partial charge in [-0.3, -0.25) is 9.59 Å². The van der Waals surface area contributed by atoms with E-state index in [1.807, 2.05) is 0 Å². The summed E-state index contributed by atoms with van der Waals surface area (Å²) in [4.78, 5) is 30.9. The number of carbonyl (C=O) groups excluding carboxylic acids is 1. The topological polar surface area (TPSA) is 78.1 Å². The van der Waals surface area contributed by atoms with Crippen LogP contribution in [0.25, 0.3) is 0 Å². The van der Waals surface area contributed by atoms with Crippen molar-refractivity contribution in [2.75, 3.05) is 26.7 Å². The predicted octanol–water partition coefficient (Wildman–Crippen LogP) is -0.158. The van der Waals surface area contributed by atoms with Crippen molar-refractivity contribution in [3.05, 3.63) is 28.4 Å². The first-order valence-electron chi connectivity index (χ1n) is 6.17. The third-order valence-electron chi connectivity index (χ3n) is 3.17. The monoisotopic (exact) mass is 250 g/mol. The van der Waals surface area contributed by atoms with Crippen molar-refractivity contribution >= 4 is 5.91 Å². The van der Waals surface area contributed by atoms with Crippen LogP contribution in [-0.4, -0.2) is 47.5 Å². The summed E-state index contributed by atoms with van der Waals surface area (Å²) in [6.45, 7) is 2.74. The van der Waals surface area contributed by atoms with Crippen LogP contribution in [0.5, 0.6) is 0 Å². The van der Waals surface area contributed by atoms with E-state index in [2.05, 4.69) is 15.3 Å². The van der Waals surface area contributed by atoms with E-state index in [4.69, 9.17) is 0 Å². The van der Waals surface area contributed by atoms with E-state index < -0.39 is 0 Å². The largest absolute Gasteiger partial charge is 0.340 e. The molecule has 1 saturated heterocycles. The first-order valence-corrected chi connectivity index (χ1v) is 6.17. The van der Waals surface area contributed by atoms with Gasteiger partial charge in [0.1, 0.15) is 5.69 Å². The molecule has 1 aliphatic rings. The van der Waals surface area contributed by atoms with E-state index in [0.717, 1.165) is 32.1 Å². The number of piperidine rings is 1. The number of aromatic nitrogens is 2. The number of rotatable bonds is 3. The Morgan fingerprint density at radius 1 is 1.61 bits per heavy atom. The van der Waals surface area contributed by atoms with Crippen molar-refractivity contribution in [3.8, 4) is 0 Å². The average molecular weight is 250 g/mol. The number of carbonyl (C=O) groups is 1. The van der Waals surface area contributed by atoms with Crippen molar-refractivity contribution in [1.82, 2.24) is 20.2 Å². The molecule has 0 spiro atoms. The standard InChI is InChI=1S/C12H18N4O2/c1-16(8-9-3-2-4-13-5-9)12(18)10-6-15-11(17)7-14-10/h6-7,9,13H,2-5,8H2,1H3,(H,15,17). The van der Waals surface area contributed by atoms with Gasteiger partial charge in [0, 0.05) is 19.8 Å². The Labute approximate surface area is 105 Å². The molecule has 1 atom stereocenters. The zero-order valence-corrected chi connectivity index (χ0v) is 10.5. The highest BCUT2D eigenvalue weighted by Gasteiger charge is 2.19. The Morgan fingerprint density at radius 3 is 3.06 bits per heavy atom. The lowest BCUT2D eigenvalue weighted by atomic mass is 9.99. The molecule has 1 aromatic rings. The second-order valence-electron chi connectivity index (χ2n) is 4.69. The Bertz CT molecular complexity index is 445. The molecular weight excluding hydrogens is 232 g/mol. The summed E-state index contributed by atoms with van der Waals surface area (Å²) in [7, 11) is 1.77. The number of hydrogen-bond donors (Lipinski definition) is 2. The number of hydrogen-bond acceptors (Lipinski definition) is 4. The van der Waals surface area contributed by atoms with Crippen LogP contribution in [0.15, 0.2) is 17.2 Å². The summed E-state index contributed by atoms with van der Waals surface area (Å²) < 4.78 is 0. The van der Waals surface area contributed by atoms with E-state index in [1.54, 1.807) is 11.9 Å². The predicted molar refractivity (Wildman–Crippen MR) is 67.4 cm³/mol. The normalized spacial score (nSPS) is 19.5. The van der Waals surface area contributed by atoms with Gasteiger partial charge < -0.3 is 15.2 Å². The molecule has 1 amide bonds. The zero-order valence-electron chi connectivity index (χ0n) is 10.5. The summed E-state index contributed by atoms with van der Waals surface area (Å²) >= 11 is 0. The Kier molecular flexibility index (Phi) is 4.09. The molecule has 6 nitrogen and oxygen atoms in total. The second kappa shape index (κ2) is 5.77. The molecule has 0 aromatic carbocycles. The summed E-state index contributed by atoms with van der Waals surface area (Å²) in [5.41, 5.74) is -0.0217. The maximum atomic E-state index is 12.1. The van der Waals surface area contributed by atoms with Crippen LogP contribution in [0.2, 0.25) is 0 Å². The molecule has 1 aromatic heterocycles. The highest BCUT2D eigenvalue weighted by atomic mass is 16.2. The van der Waals surface area contributed by atoms with Gasteiger partial charge in [-0.05, 0) is 31.8 Å². The Hall–Kier alpha value is -1.69. The fourth-order valence-electron chi connectivity index (χ4n) is 2.20. The maximum absolute atomic E-state index is 12.1. The minimum atomic E-state index is -0.300. The molecule has 98 valence electrons. The third-order valence-corrected chi connectivity index (χ3v) is 3.17. The van der Waals surface area contributed by atoms with Crippen LogP contribution >= 0.6 is 0 Å². The molecule has 0 radical (unpaired) electrons. The summed E-state index contributed by atoms with van der Waals surface area (Å²) in [6, 6.07) is 0. The smallest absolute Gasteiger partial charge is 0.273 e. The molecule has 6 heteroatoms. The van der Waals surface area contributed by atoms with E-state index in [-0.39, 0.29) is 17.2 Å². The fourth-order valence-corrected chi connectivity index (χ4v) is 2.20. The van der Waals surface area contributed by atoms with Crippen LogP contribution in [0.1, 0.15) is 23.3 Å². The van der Waals surface area contributed by atoms with Gasteiger partial charge in [0.2, 0.25) is 0 Å². The van der Waals surface area contributed by atoms with Gasteiger partial charge in [-0.15, -0.1) is 0 Å².